The minimum atomic E-state index is -4.85. The number of carbonyl (C=O) groups is 1. The van der Waals surface area contributed by atoms with Crippen molar-refractivity contribution in [2.45, 2.75) is 82.7 Å². The Balaban J connectivity index is 1.53. The Morgan fingerprint density at radius 1 is 1.09 bits per heavy atom. The molecule has 1 amide bonds. The molecule has 4 rings (SSSR count). The summed E-state index contributed by atoms with van der Waals surface area (Å²) in [4.78, 5) is 15.2. The van der Waals surface area contributed by atoms with E-state index in [0.717, 1.165) is 6.07 Å². The maximum absolute atomic E-state index is 15.9. The van der Waals surface area contributed by atoms with Crippen molar-refractivity contribution in [3.63, 3.8) is 0 Å². The zero-order valence-corrected chi connectivity index (χ0v) is 28.2. The van der Waals surface area contributed by atoms with Crippen LogP contribution < -0.4 is 19.5 Å². The lowest BCUT2D eigenvalue weighted by molar-refractivity contribution is -0.140. The maximum atomic E-state index is 15.9. The molecule has 1 heterocycles. The van der Waals surface area contributed by atoms with Gasteiger partial charge in [0.2, 0.25) is 0 Å². The first-order chi connectivity index (χ1) is 21.7. The van der Waals surface area contributed by atoms with Crippen LogP contribution in [-0.4, -0.2) is 51.6 Å². The molecule has 0 radical (unpaired) electrons. The number of carboxylic acid groups (broad SMARTS) is 1. The van der Waals surface area contributed by atoms with Gasteiger partial charge in [0.15, 0.2) is 8.32 Å². The van der Waals surface area contributed by atoms with Crippen molar-refractivity contribution >= 4 is 35.4 Å². The van der Waals surface area contributed by atoms with Crippen LogP contribution in [0.3, 0.4) is 0 Å². The predicted molar refractivity (Wildman–Crippen MR) is 166 cm³/mol. The number of benzene rings is 2. The third kappa shape index (κ3) is 8.95. The van der Waals surface area contributed by atoms with E-state index in [-0.39, 0.29) is 23.4 Å². The second kappa shape index (κ2) is 13.6. The first-order valence-corrected chi connectivity index (χ1v) is 19.1. The number of ether oxygens (including phenoxy) is 1. The second-order valence-electron chi connectivity index (χ2n) is 12.9. The van der Waals surface area contributed by atoms with Crippen molar-refractivity contribution in [1.82, 2.24) is 19.7 Å². The number of hydrogen-bond donors (Lipinski definition) is 4. The molecule has 17 heteroatoms. The van der Waals surface area contributed by atoms with Crippen LogP contribution in [-0.2, 0) is 27.4 Å². The highest BCUT2D eigenvalue weighted by atomic mass is 32.2. The highest BCUT2D eigenvalue weighted by molar-refractivity contribution is 7.88. The van der Waals surface area contributed by atoms with Crippen LogP contribution in [0.15, 0.2) is 42.7 Å². The largest absolute Gasteiger partial charge is 0.490 e. The molecule has 4 N–H and O–H groups in total. The molecule has 1 aliphatic rings. The molecule has 3 aromatic rings. The van der Waals surface area contributed by atoms with Crippen LogP contribution in [0, 0.1) is 11.6 Å². The number of amides is 1. The molecule has 1 aromatic heterocycles. The number of nitrogens with zero attached hydrogens (tertiary/aromatic N) is 1. The van der Waals surface area contributed by atoms with Gasteiger partial charge in [0.25, 0.3) is 0 Å². The molecule has 2 aromatic carbocycles. The summed E-state index contributed by atoms with van der Waals surface area (Å²) in [5.41, 5.74) is -0.773. The lowest BCUT2D eigenvalue weighted by Gasteiger charge is -2.39. The molecule has 47 heavy (non-hydrogen) atoms. The van der Waals surface area contributed by atoms with E-state index in [1.54, 1.807) is 6.07 Å². The number of fused-ring (bicyclic) bond motifs is 1. The monoisotopic (exact) mass is 704 g/mol. The number of halogens is 5. The summed E-state index contributed by atoms with van der Waals surface area (Å²) in [7, 11) is -7.04. The maximum Gasteiger partial charge on any atom is 0.419 e. The number of rotatable bonds is 12. The molecule has 10 nitrogen and oxygen atoms in total. The quantitative estimate of drug-likeness (QED) is 0.126. The molecule has 0 spiro atoms. The first kappa shape index (κ1) is 36.5. The van der Waals surface area contributed by atoms with Crippen LogP contribution in [0.4, 0.5) is 26.7 Å². The molecule has 1 aliphatic carbocycles. The Bertz CT molecular complexity index is 1730. The third-order valence-corrected chi connectivity index (χ3v) is 14.0. The minimum Gasteiger partial charge on any atom is -0.490 e. The molecular weight excluding hydrogens is 667 g/mol. The molecule has 1 atom stereocenters. The zero-order chi connectivity index (χ0) is 34.9. The fourth-order valence-electron chi connectivity index (χ4n) is 4.91. The van der Waals surface area contributed by atoms with Gasteiger partial charge in [-0.05, 0) is 72.3 Å². The van der Waals surface area contributed by atoms with Gasteiger partial charge < -0.3 is 19.6 Å². The van der Waals surface area contributed by atoms with Gasteiger partial charge in [0.05, 0.1) is 11.7 Å². The highest BCUT2D eigenvalue weighted by Crippen LogP contribution is 2.41. The van der Waals surface area contributed by atoms with Crippen molar-refractivity contribution in [3.05, 3.63) is 71.1 Å². The minimum absolute atomic E-state index is 0.0850. The zero-order valence-electron chi connectivity index (χ0n) is 26.3. The Kier molecular flexibility index (Phi) is 10.6. The fourth-order valence-corrected chi connectivity index (χ4v) is 6.86. The van der Waals surface area contributed by atoms with Gasteiger partial charge >= 0.3 is 22.5 Å². The summed E-state index contributed by atoms with van der Waals surface area (Å²) >= 11 is 0. The topological polar surface area (TPSA) is 139 Å². The van der Waals surface area contributed by atoms with Gasteiger partial charge in [-0.15, -0.1) is 0 Å². The molecular formula is C30H37F5N4O6SSi. The summed E-state index contributed by atoms with van der Waals surface area (Å²) in [5.74, 6) is -2.08. The van der Waals surface area contributed by atoms with E-state index in [1.807, 2.05) is 33.9 Å². The lowest BCUT2D eigenvalue weighted by Crippen LogP contribution is -2.46. The molecule has 258 valence electrons. The number of pyridine rings is 1. The third-order valence-electron chi connectivity index (χ3n) is 8.51. The van der Waals surface area contributed by atoms with Gasteiger partial charge in [-0.25, -0.2) is 18.3 Å². The highest BCUT2D eigenvalue weighted by Gasteiger charge is 2.40. The van der Waals surface area contributed by atoms with E-state index in [4.69, 9.17) is 14.3 Å². The van der Waals surface area contributed by atoms with Crippen LogP contribution in [0.5, 0.6) is 5.75 Å². The summed E-state index contributed by atoms with van der Waals surface area (Å²) < 4.78 is 109. The summed E-state index contributed by atoms with van der Waals surface area (Å²) in [6, 6.07) is 5.23. The van der Waals surface area contributed by atoms with E-state index in [0.29, 0.717) is 46.9 Å². The number of hydrogen-bond acceptors (Lipinski definition) is 7. The van der Waals surface area contributed by atoms with E-state index < -0.39 is 66.7 Å². The Morgan fingerprint density at radius 2 is 1.77 bits per heavy atom. The van der Waals surface area contributed by atoms with Crippen LogP contribution >= 0.6 is 0 Å². The van der Waals surface area contributed by atoms with Crippen molar-refractivity contribution in [3.8, 4) is 5.75 Å². The number of alkyl halides is 3. The Morgan fingerprint density at radius 3 is 2.38 bits per heavy atom. The van der Waals surface area contributed by atoms with E-state index in [1.165, 1.54) is 23.2 Å². The van der Waals surface area contributed by atoms with Crippen molar-refractivity contribution in [2.24, 2.45) is 0 Å². The van der Waals surface area contributed by atoms with Crippen LogP contribution in [0.2, 0.25) is 18.1 Å². The summed E-state index contributed by atoms with van der Waals surface area (Å²) in [5, 5.41) is 12.8. The van der Waals surface area contributed by atoms with E-state index in [9.17, 15) is 30.8 Å². The smallest absolute Gasteiger partial charge is 0.419 e. The van der Waals surface area contributed by atoms with Gasteiger partial charge in [-0.1, -0.05) is 20.8 Å². The van der Waals surface area contributed by atoms with Gasteiger partial charge in [-0.2, -0.15) is 26.3 Å². The molecule has 0 aliphatic heterocycles. The van der Waals surface area contributed by atoms with Crippen molar-refractivity contribution < 1.29 is 49.4 Å². The Hall–Kier alpha value is -3.38. The number of nitrogens with one attached hydrogen (secondary N) is 3. The van der Waals surface area contributed by atoms with Crippen molar-refractivity contribution in [1.29, 1.82) is 0 Å². The summed E-state index contributed by atoms with van der Waals surface area (Å²) in [6.45, 7) is 9.53. The van der Waals surface area contributed by atoms with Crippen LogP contribution in [0.1, 0.15) is 56.4 Å². The van der Waals surface area contributed by atoms with Gasteiger partial charge in [0, 0.05) is 42.5 Å². The van der Waals surface area contributed by atoms with Crippen molar-refractivity contribution in [2.75, 3.05) is 6.54 Å². The average Bonchev–Trinajstić information content (AvgIpc) is 2.91. The Labute approximate surface area is 270 Å². The van der Waals surface area contributed by atoms with Gasteiger partial charge in [0.1, 0.15) is 23.5 Å². The molecule has 0 saturated heterocycles. The van der Waals surface area contributed by atoms with Gasteiger partial charge in [-0.3, -0.25) is 4.98 Å². The van der Waals surface area contributed by atoms with Crippen LogP contribution in [0.25, 0.3) is 10.8 Å². The standard InChI is InChI=1S/C30H37F5N4O6SSi/c1-29(2,3)47(4,5)45-27(16-38-46(42,43)39-28(40)41)21-13-26(32)23(20-8-9-36-14-22(20)21)15-37-17-10-19(11-17)44-18-6-7-25(31)24(12-18)30(33,34)35/h6-9,12-14,17,19,27,37-39H,10-11,15-16H2,1-5H3,(H,40,41)/t17-,19-,27?. The fraction of sp³-hybridized carbons (Fsp3) is 0.467. The SMILES string of the molecule is CC(C)(C)[Si](C)(C)OC(CNS(=O)(=O)NC(=O)O)c1cc(F)c(CN[C@H]2C[C@H](Oc3ccc(F)c(C(F)(F)F)c3)C2)c2ccncc12. The predicted octanol–water partition coefficient (Wildman–Crippen LogP) is 6.40. The van der Waals surface area contributed by atoms with E-state index in [2.05, 4.69) is 15.0 Å². The second-order valence-corrected chi connectivity index (χ2v) is 19.2. The lowest BCUT2D eigenvalue weighted by atomic mass is 9.88. The first-order valence-electron chi connectivity index (χ1n) is 14.7. The molecule has 1 unspecified atom stereocenters. The normalized spacial score (nSPS) is 18.1. The molecule has 1 saturated carbocycles. The average molecular weight is 705 g/mol. The molecule has 1 fully saturated rings. The van der Waals surface area contributed by atoms with E-state index >= 15 is 4.39 Å². The summed E-state index contributed by atoms with van der Waals surface area (Å²) in [6.07, 6.45) is -4.19. The number of aromatic nitrogens is 1. The molecule has 0 bridgehead atoms.